The predicted molar refractivity (Wildman–Crippen MR) is 61.7 cm³/mol. The Kier molecular flexibility index (Phi) is 4.60. The number of aryl methyl sites for hydroxylation is 1. The Morgan fingerprint density at radius 2 is 1.58 bits per heavy atom. The zero-order chi connectivity index (χ0) is 14.6. The lowest BCUT2D eigenvalue weighted by Gasteiger charge is -2.16. The molecule has 0 bridgehead atoms. The molecule has 0 radical (unpaired) electrons. The summed E-state index contributed by atoms with van der Waals surface area (Å²) in [5, 5.41) is 26.4. The first-order chi connectivity index (χ1) is 8.82. The molecule has 0 fully saturated rings. The number of carbonyl (C=O) groups is 3. The van der Waals surface area contributed by atoms with Crippen LogP contribution in [0, 0.1) is 6.92 Å². The third-order valence-electron chi connectivity index (χ3n) is 2.30. The number of benzene rings is 1. The number of carboxylic acids is 2. The van der Waals surface area contributed by atoms with Gasteiger partial charge < -0.3 is 20.1 Å². The molecule has 7 heteroatoms. The molecule has 102 valence electrons. The summed E-state index contributed by atoms with van der Waals surface area (Å²) < 4.78 is 4.49. The van der Waals surface area contributed by atoms with Crippen molar-refractivity contribution < 1.29 is 34.4 Å². The summed E-state index contributed by atoms with van der Waals surface area (Å²) in [5.41, 5.74) is 0.950. The number of carboxylic acid groups (broad SMARTS) is 2. The van der Waals surface area contributed by atoms with E-state index in [9.17, 15) is 14.4 Å². The first-order valence-corrected chi connectivity index (χ1v) is 5.24. The Labute approximate surface area is 108 Å². The summed E-state index contributed by atoms with van der Waals surface area (Å²) in [6, 6.07) is 6.04. The maximum atomic E-state index is 11.6. The third kappa shape index (κ3) is 3.78. The number of aliphatic hydroxyl groups is 1. The van der Waals surface area contributed by atoms with E-state index in [0.717, 1.165) is 5.56 Å². The minimum absolute atomic E-state index is 0.0643. The standard InChI is InChI=1S/C12H12O7/c1-6-2-4-7(5-3-6)12(18)19-9(11(16)17)8(13)10(14)15/h2-5,8-9,13H,1H3,(H,14,15)(H,16,17)/t8?,9-/m0/s1. The van der Waals surface area contributed by atoms with Crippen molar-refractivity contribution in [2.24, 2.45) is 0 Å². The minimum Gasteiger partial charge on any atom is -0.479 e. The van der Waals surface area contributed by atoms with Gasteiger partial charge in [-0.2, -0.15) is 0 Å². The maximum Gasteiger partial charge on any atom is 0.348 e. The van der Waals surface area contributed by atoms with E-state index in [1.54, 1.807) is 19.1 Å². The molecule has 1 unspecified atom stereocenters. The van der Waals surface area contributed by atoms with Crippen LogP contribution in [0.1, 0.15) is 15.9 Å². The number of aliphatic hydroxyl groups excluding tert-OH is 1. The van der Waals surface area contributed by atoms with Gasteiger partial charge in [-0.25, -0.2) is 14.4 Å². The van der Waals surface area contributed by atoms with Gasteiger partial charge in [0.25, 0.3) is 0 Å². The van der Waals surface area contributed by atoms with E-state index in [4.69, 9.17) is 15.3 Å². The highest BCUT2D eigenvalue weighted by Crippen LogP contribution is 2.09. The fraction of sp³-hybridized carbons (Fsp3) is 0.250. The maximum absolute atomic E-state index is 11.6. The van der Waals surface area contributed by atoms with Crippen molar-refractivity contribution in [2.45, 2.75) is 19.1 Å². The van der Waals surface area contributed by atoms with E-state index in [1.807, 2.05) is 0 Å². The van der Waals surface area contributed by atoms with Crippen LogP contribution in [0.2, 0.25) is 0 Å². The SMILES string of the molecule is Cc1ccc(C(=O)O[C@H](C(=O)O)C(O)C(=O)O)cc1. The normalized spacial score (nSPS) is 13.4. The van der Waals surface area contributed by atoms with Crippen LogP contribution in [0.4, 0.5) is 0 Å². The highest BCUT2D eigenvalue weighted by atomic mass is 16.6. The summed E-state index contributed by atoms with van der Waals surface area (Å²) in [6.45, 7) is 1.79. The van der Waals surface area contributed by atoms with Gasteiger partial charge in [-0.3, -0.25) is 0 Å². The lowest BCUT2D eigenvalue weighted by atomic mass is 10.1. The Morgan fingerprint density at radius 1 is 1.05 bits per heavy atom. The second-order valence-corrected chi connectivity index (χ2v) is 3.81. The monoisotopic (exact) mass is 268 g/mol. The smallest absolute Gasteiger partial charge is 0.348 e. The molecule has 0 amide bonds. The van der Waals surface area contributed by atoms with Crippen LogP contribution in [0.15, 0.2) is 24.3 Å². The van der Waals surface area contributed by atoms with Crippen LogP contribution in [-0.2, 0) is 14.3 Å². The molecule has 1 aromatic carbocycles. The lowest BCUT2D eigenvalue weighted by molar-refractivity contribution is -0.166. The Hall–Kier alpha value is -2.41. The second kappa shape index (κ2) is 5.96. The number of aliphatic carboxylic acids is 2. The molecule has 0 aliphatic rings. The highest BCUT2D eigenvalue weighted by Gasteiger charge is 2.35. The summed E-state index contributed by atoms with van der Waals surface area (Å²) in [7, 11) is 0. The number of esters is 1. The largest absolute Gasteiger partial charge is 0.479 e. The lowest BCUT2D eigenvalue weighted by Crippen LogP contribution is -2.43. The van der Waals surface area contributed by atoms with E-state index in [0.29, 0.717) is 0 Å². The summed E-state index contributed by atoms with van der Waals surface area (Å²) in [5.74, 6) is -4.55. The Morgan fingerprint density at radius 3 is 2.00 bits per heavy atom. The van der Waals surface area contributed by atoms with E-state index in [-0.39, 0.29) is 5.56 Å². The second-order valence-electron chi connectivity index (χ2n) is 3.81. The molecule has 0 saturated carbocycles. The highest BCUT2D eigenvalue weighted by molar-refractivity contribution is 5.92. The molecule has 0 spiro atoms. The van der Waals surface area contributed by atoms with Crippen LogP contribution in [0.5, 0.6) is 0 Å². The van der Waals surface area contributed by atoms with Crippen molar-refractivity contribution in [3.63, 3.8) is 0 Å². The number of carbonyl (C=O) groups excluding carboxylic acids is 1. The van der Waals surface area contributed by atoms with Gasteiger partial charge in [0.05, 0.1) is 5.56 Å². The fourth-order valence-corrected chi connectivity index (χ4v) is 1.25. The molecule has 1 rings (SSSR count). The molecule has 7 nitrogen and oxygen atoms in total. The molecule has 3 N–H and O–H groups in total. The molecular formula is C12H12O7. The van der Waals surface area contributed by atoms with Gasteiger partial charge >= 0.3 is 17.9 Å². The Balaban J connectivity index is 2.85. The van der Waals surface area contributed by atoms with Gasteiger partial charge in [0.1, 0.15) is 0 Å². The van der Waals surface area contributed by atoms with E-state index in [1.165, 1.54) is 12.1 Å². The van der Waals surface area contributed by atoms with Crippen molar-refractivity contribution in [1.82, 2.24) is 0 Å². The first kappa shape index (κ1) is 14.7. The van der Waals surface area contributed by atoms with Crippen molar-refractivity contribution in [3.8, 4) is 0 Å². The summed E-state index contributed by atoms with van der Waals surface area (Å²) >= 11 is 0. The molecule has 0 aliphatic carbocycles. The van der Waals surface area contributed by atoms with Gasteiger partial charge in [-0.05, 0) is 19.1 Å². The molecule has 19 heavy (non-hydrogen) atoms. The molecule has 0 heterocycles. The zero-order valence-electron chi connectivity index (χ0n) is 9.94. The molecule has 2 atom stereocenters. The van der Waals surface area contributed by atoms with Gasteiger partial charge in [0.2, 0.25) is 6.10 Å². The Bertz CT molecular complexity index is 491. The van der Waals surface area contributed by atoms with Gasteiger partial charge in [0.15, 0.2) is 6.10 Å². The average molecular weight is 268 g/mol. The van der Waals surface area contributed by atoms with Gasteiger partial charge in [0, 0.05) is 0 Å². The van der Waals surface area contributed by atoms with Crippen LogP contribution in [-0.4, -0.2) is 45.4 Å². The molecule has 0 saturated heterocycles. The van der Waals surface area contributed by atoms with Crippen molar-refractivity contribution in [2.75, 3.05) is 0 Å². The van der Waals surface area contributed by atoms with E-state index < -0.39 is 30.1 Å². The van der Waals surface area contributed by atoms with E-state index >= 15 is 0 Å². The topological polar surface area (TPSA) is 121 Å². The quantitative estimate of drug-likeness (QED) is 0.645. The molecule has 0 aliphatic heterocycles. The van der Waals surface area contributed by atoms with Crippen LogP contribution in [0.3, 0.4) is 0 Å². The van der Waals surface area contributed by atoms with E-state index in [2.05, 4.69) is 4.74 Å². The van der Waals surface area contributed by atoms with Crippen molar-refractivity contribution in [3.05, 3.63) is 35.4 Å². The minimum atomic E-state index is -2.33. The third-order valence-corrected chi connectivity index (χ3v) is 2.30. The average Bonchev–Trinajstić information content (AvgIpc) is 2.35. The number of hydrogen-bond acceptors (Lipinski definition) is 5. The van der Waals surface area contributed by atoms with Crippen LogP contribution < -0.4 is 0 Å². The zero-order valence-corrected chi connectivity index (χ0v) is 9.94. The fourth-order valence-electron chi connectivity index (χ4n) is 1.25. The first-order valence-electron chi connectivity index (χ1n) is 5.24. The van der Waals surface area contributed by atoms with Gasteiger partial charge in [-0.1, -0.05) is 17.7 Å². The number of ether oxygens (including phenoxy) is 1. The van der Waals surface area contributed by atoms with Gasteiger partial charge in [-0.15, -0.1) is 0 Å². The van der Waals surface area contributed by atoms with Crippen LogP contribution >= 0.6 is 0 Å². The van der Waals surface area contributed by atoms with Crippen molar-refractivity contribution in [1.29, 1.82) is 0 Å². The van der Waals surface area contributed by atoms with Crippen molar-refractivity contribution >= 4 is 17.9 Å². The molecular weight excluding hydrogens is 256 g/mol. The van der Waals surface area contributed by atoms with Crippen LogP contribution in [0.25, 0.3) is 0 Å². The number of rotatable bonds is 5. The summed E-state index contributed by atoms with van der Waals surface area (Å²) in [6.07, 6.45) is -4.49. The predicted octanol–water partition coefficient (Wildman–Crippen LogP) is 0.0505. The molecule has 1 aromatic rings. The summed E-state index contributed by atoms with van der Waals surface area (Å²) in [4.78, 5) is 32.9. The number of hydrogen-bond donors (Lipinski definition) is 3. The molecule has 0 aromatic heterocycles.